The number of nitrogens with two attached hydrogens (primary N) is 1. The summed E-state index contributed by atoms with van der Waals surface area (Å²) in [5.41, 5.74) is 7.34. The van der Waals surface area contributed by atoms with E-state index in [4.69, 9.17) is 22.5 Å². The third kappa shape index (κ3) is 3.81. The van der Waals surface area contributed by atoms with Crippen LogP contribution in [0.5, 0.6) is 0 Å². The van der Waals surface area contributed by atoms with Gasteiger partial charge >= 0.3 is 0 Å². The average Bonchev–Trinajstić information content (AvgIpc) is 2.25. The Hall–Kier alpha value is -1.42. The highest BCUT2D eigenvalue weighted by atomic mass is 35.5. The van der Waals surface area contributed by atoms with Gasteiger partial charge in [0.05, 0.1) is 0 Å². The lowest BCUT2D eigenvalue weighted by Gasteiger charge is -2.29. The van der Waals surface area contributed by atoms with Gasteiger partial charge in [-0.05, 0) is 23.6 Å². The second-order valence-corrected chi connectivity index (χ2v) is 6.00. The minimum atomic E-state index is 0.0856. The number of rotatable bonds is 3. The second kappa shape index (κ2) is 5.48. The lowest BCUT2D eigenvalue weighted by Crippen LogP contribution is -2.31. The Bertz CT molecular complexity index is 452. The zero-order valence-electron chi connectivity index (χ0n) is 11.2. The van der Waals surface area contributed by atoms with Gasteiger partial charge in [-0.3, -0.25) is 0 Å². The molecule has 100 valence electrons. The van der Waals surface area contributed by atoms with Crippen molar-refractivity contribution in [2.24, 2.45) is 16.3 Å². The van der Waals surface area contributed by atoms with E-state index in [9.17, 15) is 0 Å². The van der Waals surface area contributed by atoms with Crippen LogP contribution >= 0.6 is 11.6 Å². The molecule has 0 amide bonds. The van der Waals surface area contributed by atoms with E-state index in [1.807, 2.05) is 13.1 Å². The van der Waals surface area contributed by atoms with E-state index in [1.165, 1.54) is 0 Å². The number of hydrogen-bond acceptors (Lipinski definition) is 3. The number of oxime groups is 1. The van der Waals surface area contributed by atoms with E-state index in [1.54, 1.807) is 12.1 Å². The number of benzene rings is 1. The molecule has 1 rings (SSSR count). The molecule has 0 saturated carbocycles. The largest absolute Gasteiger partial charge is 0.409 e. The van der Waals surface area contributed by atoms with Crippen LogP contribution in [0, 0.1) is 5.41 Å². The first kappa shape index (κ1) is 14.6. The topological polar surface area (TPSA) is 61.8 Å². The number of halogens is 1. The van der Waals surface area contributed by atoms with E-state index in [-0.39, 0.29) is 11.3 Å². The molecule has 0 aliphatic rings. The molecule has 5 heteroatoms. The summed E-state index contributed by atoms with van der Waals surface area (Å²) in [7, 11) is 1.96. The highest BCUT2D eigenvalue weighted by Gasteiger charge is 2.17. The van der Waals surface area contributed by atoms with Gasteiger partial charge in [-0.2, -0.15) is 0 Å². The molecule has 0 aromatic heterocycles. The molecule has 0 unspecified atom stereocenters. The summed E-state index contributed by atoms with van der Waals surface area (Å²) < 4.78 is 0. The fourth-order valence-electron chi connectivity index (χ4n) is 1.89. The van der Waals surface area contributed by atoms with Crippen LogP contribution in [0.25, 0.3) is 0 Å². The number of amidine groups is 1. The summed E-state index contributed by atoms with van der Waals surface area (Å²) in [5, 5.41) is 12.5. The Morgan fingerprint density at radius 2 is 2.06 bits per heavy atom. The first-order valence-corrected chi connectivity index (χ1v) is 6.11. The van der Waals surface area contributed by atoms with Gasteiger partial charge in [0.2, 0.25) is 0 Å². The van der Waals surface area contributed by atoms with E-state index in [2.05, 4.69) is 30.8 Å². The van der Waals surface area contributed by atoms with Crippen LogP contribution in [-0.4, -0.2) is 24.6 Å². The van der Waals surface area contributed by atoms with Crippen LogP contribution in [-0.2, 0) is 0 Å². The summed E-state index contributed by atoms with van der Waals surface area (Å²) in [4.78, 5) is 2.05. The van der Waals surface area contributed by atoms with E-state index in [0.717, 1.165) is 12.2 Å². The Balaban J connectivity index is 3.17. The van der Waals surface area contributed by atoms with Gasteiger partial charge in [-0.25, -0.2) is 0 Å². The standard InChI is InChI=1S/C13H20ClN3O/c1-13(2,3)8-17(4)11-7-9(14)5-6-10(11)12(15)16-18/h5-7,18H,8H2,1-4H3,(H2,15,16). The first-order valence-electron chi connectivity index (χ1n) is 5.73. The summed E-state index contributed by atoms with van der Waals surface area (Å²) in [6.07, 6.45) is 0. The molecule has 0 aliphatic heterocycles. The van der Waals surface area contributed by atoms with Crippen molar-refractivity contribution < 1.29 is 5.21 Å². The van der Waals surface area contributed by atoms with Crippen molar-refractivity contribution in [1.82, 2.24) is 0 Å². The number of hydrogen-bond donors (Lipinski definition) is 2. The van der Waals surface area contributed by atoms with Crippen molar-refractivity contribution in [2.45, 2.75) is 20.8 Å². The van der Waals surface area contributed by atoms with Gasteiger partial charge < -0.3 is 15.8 Å². The third-order valence-corrected chi connectivity index (χ3v) is 2.70. The fraction of sp³-hybridized carbons (Fsp3) is 0.462. The summed E-state index contributed by atoms with van der Waals surface area (Å²) in [6, 6.07) is 5.30. The van der Waals surface area contributed by atoms with Gasteiger partial charge in [0.1, 0.15) is 0 Å². The number of anilines is 1. The fourth-order valence-corrected chi connectivity index (χ4v) is 2.05. The summed E-state index contributed by atoms with van der Waals surface area (Å²) >= 11 is 6.01. The van der Waals surface area contributed by atoms with Crippen molar-refractivity contribution in [2.75, 3.05) is 18.5 Å². The van der Waals surface area contributed by atoms with E-state index < -0.39 is 0 Å². The third-order valence-electron chi connectivity index (χ3n) is 2.47. The Morgan fingerprint density at radius 3 is 2.56 bits per heavy atom. The van der Waals surface area contributed by atoms with Crippen LogP contribution in [0.2, 0.25) is 5.02 Å². The molecule has 0 bridgehead atoms. The molecule has 1 aromatic carbocycles. The molecule has 0 aliphatic carbocycles. The molecule has 1 aromatic rings. The zero-order valence-corrected chi connectivity index (χ0v) is 12.0. The van der Waals surface area contributed by atoms with Crippen LogP contribution in [0.1, 0.15) is 26.3 Å². The molecular formula is C13H20ClN3O. The van der Waals surface area contributed by atoms with Crippen LogP contribution < -0.4 is 10.6 Å². The van der Waals surface area contributed by atoms with Gasteiger partial charge in [0.25, 0.3) is 0 Å². The minimum absolute atomic E-state index is 0.0856. The monoisotopic (exact) mass is 269 g/mol. The van der Waals surface area contributed by atoms with Gasteiger partial charge in [0.15, 0.2) is 5.84 Å². The van der Waals surface area contributed by atoms with Gasteiger partial charge in [0, 0.05) is 29.9 Å². The highest BCUT2D eigenvalue weighted by molar-refractivity contribution is 6.31. The molecule has 0 atom stereocenters. The molecule has 0 heterocycles. The molecule has 0 fully saturated rings. The number of nitrogens with zero attached hydrogens (tertiary/aromatic N) is 2. The maximum absolute atomic E-state index is 8.81. The molecule has 3 N–H and O–H groups in total. The van der Waals surface area contributed by atoms with Crippen molar-refractivity contribution in [3.05, 3.63) is 28.8 Å². The lowest BCUT2D eigenvalue weighted by atomic mass is 9.95. The molecule has 0 radical (unpaired) electrons. The maximum atomic E-state index is 8.81. The molecule has 18 heavy (non-hydrogen) atoms. The van der Waals surface area contributed by atoms with Crippen LogP contribution in [0.4, 0.5) is 5.69 Å². The van der Waals surface area contributed by atoms with Crippen LogP contribution in [0.15, 0.2) is 23.4 Å². The maximum Gasteiger partial charge on any atom is 0.172 e. The SMILES string of the molecule is CN(CC(C)(C)C)c1cc(Cl)ccc1C(N)=NO. The van der Waals surface area contributed by atoms with Gasteiger partial charge in [-0.1, -0.05) is 37.5 Å². The van der Waals surface area contributed by atoms with E-state index in [0.29, 0.717) is 10.6 Å². The van der Waals surface area contributed by atoms with Crippen LogP contribution in [0.3, 0.4) is 0 Å². The summed E-state index contributed by atoms with van der Waals surface area (Å²) in [5.74, 6) is 0.0856. The van der Waals surface area contributed by atoms with Crippen molar-refractivity contribution >= 4 is 23.1 Å². The smallest absolute Gasteiger partial charge is 0.172 e. The molecule has 4 nitrogen and oxygen atoms in total. The minimum Gasteiger partial charge on any atom is -0.409 e. The Kier molecular flexibility index (Phi) is 4.46. The average molecular weight is 270 g/mol. The van der Waals surface area contributed by atoms with Crippen molar-refractivity contribution in [3.8, 4) is 0 Å². The lowest BCUT2D eigenvalue weighted by molar-refractivity contribution is 0.318. The molecular weight excluding hydrogens is 250 g/mol. The normalized spacial score (nSPS) is 12.6. The quantitative estimate of drug-likeness (QED) is 0.384. The Labute approximate surface area is 113 Å². The Morgan fingerprint density at radius 1 is 1.44 bits per heavy atom. The second-order valence-electron chi connectivity index (χ2n) is 5.56. The highest BCUT2D eigenvalue weighted by Crippen LogP contribution is 2.26. The predicted molar refractivity (Wildman–Crippen MR) is 76.7 cm³/mol. The molecule has 0 spiro atoms. The van der Waals surface area contributed by atoms with Gasteiger partial charge in [-0.15, -0.1) is 0 Å². The van der Waals surface area contributed by atoms with Crippen molar-refractivity contribution in [3.63, 3.8) is 0 Å². The van der Waals surface area contributed by atoms with E-state index >= 15 is 0 Å². The molecule has 0 saturated heterocycles. The zero-order chi connectivity index (χ0) is 13.9. The summed E-state index contributed by atoms with van der Waals surface area (Å²) in [6.45, 7) is 7.28. The first-order chi connectivity index (χ1) is 8.24. The van der Waals surface area contributed by atoms with Crippen molar-refractivity contribution in [1.29, 1.82) is 0 Å². The predicted octanol–water partition coefficient (Wildman–Crippen LogP) is 2.92.